The molecule has 0 saturated carbocycles. The van der Waals surface area contributed by atoms with Gasteiger partial charge in [0, 0.05) is 33.6 Å². The fourth-order valence-electron chi connectivity index (χ4n) is 10.3. The molecule has 3 aliphatic rings. The van der Waals surface area contributed by atoms with E-state index >= 15 is 0 Å². The molecule has 0 radical (unpaired) electrons. The standard InChI is InChI=1S/C51H44N2/c1-35-44(30-29-43-47(35)41-25-13-14-26-42(41)50(43,2)3)53(40-23-11-6-12-24-40)46-28-16-18-37-32-34-51(49(37)46)33-31-36-17-15-27-45(48(36)51)52(38-19-7-4-8-20-38)39-21-9-5-10-22-39/h4-30H,31-34H2,1-3H3/t51-/m1/s1. The number of fused-ring (bicyclic) bond motifs is 7. The summed E-state index contributed by atoms with van der Waals surface area (Å²) in [6.45, 7) is 7.10. The quantitative estimate of drug-likeness (QED) is 0.172. The van der Waals surface area contributed by atoms with Crippen LogP contribution in [-0.4, -0.2) is 0 Å². The zero-order chi connectivity index (χ0) is 35.7. The van der Waals surface area contributed by atoms with Crippen LogP contribution in [0.2, 0.25) is 0 Å². The zero-order valence-electron chi connectivity index (χ0n) is 30.8. The third-order valence-corrected chi connectivity index (χ3v) is 12.6. The Labute approximate surface area is 314 Å². The van der Waals surface area contributed by atoms with E-state index in [0.29, 0.717) is 0 Å². The maximum Gasteiger partial charge on any atom is 0.0505 e. The fraction of sp³-hybridized carbons (Fsp3) is 0.176. The summed E-state index contributed by atoms with van der Waals surface area (Å²) in [4.78, 5) is 5.08. The van der Waals surface area contributed by atoms with E-state index in [-0.39, 0.29) is 10.8 Å². The molecule has 1 spiro atoms. The van der Waals surface area contributed by atoms with Crippen LogP contribution in [0.3, 0.4) is 0 Å². The molecule has 0 N–H and O–H groups in total. The number of aryl methyl sites for hydroxylation is 2. The van der Waals surface area contributed by atoms with Gasteiger partial charge in [-0.2, -0.15) is 0 Å². The van der Waals surface area contributed by atoms with Crippen molar-refractivity contribution in [2.24, 2.45) is 0 Å². The topological polar surface area (TPSA) is 6.48 Å². The molecule has 0 aliphatic heterocycles. The Kier molecular flexibility index (Phi) is 7.27. The highest BCUT2D eigenvalue weighted by atomic mass is 15.2. The highest BCUT2D eigenvalue weighted by Gasteiger charge is 2.49. The average molecular weight is 685 g/mol. The molecule has 0 saturated heterocycles. The average Bonchev–Trinajstić information content (AvgIpc) is 3.85. The van der Waals surface area contributed by atoms with Crippen molar-refractivity contribution < 1.29 is 0 Å². The highest BCUT2D eigenvalue weighted by Crippen LogP contribution is 2.60. The van der Waals surface area contributed by atoms with E-state index in [1.165, 1.54) is 84.2 Å². The Morgan fingerprint density at radius 1 is 0.434 bits per heavy atom. The summed E-state index contributed by atoms with van der Waals surface area (Å²) in [7, 11) is 0. The van der Waals surface area contributed by atoms with Crippen LogP contribution in [0.25, 0.3) is 11.1 Å². The van der Waals surface area contributed by atoms with Gasteiger partial charge in [-0.25, -0.2) is 0 Å². The summed E-state index contributed by atoms with van der Waals surface area (Å²) in [6.07, 6.45) is 4.35. The van der Waals surface area contributed by atoms with Crippen LogP contribution in [-0.2, 0) is 23.7 Å². The third-order valence-electron chi connectivity index (χ3n) is 12.6. The number of nitrogens with zero attached hydrogens (tertiary/aromatic N) is 2. The number of benzene rings is 7. The molecule has 0 fully saturated rings. The van der Waals surface area contributed by atoms with Gasteiger partial charge in [-0.1, -0.05) is 123 Å². The van der Waals surface area contributed by atoms with Crippen molar-refractivity contribution in [2.45, 2.75) is 57.3 Å². The van der Waals surface area contributed by atoms with E-state index in [0.717, 1.165) is 25.7 Å². The molecule has 3 aliphatic carbocycles. The number of hydrogen-bond acceptors (Lipinski definition) is 2. The lowest BCUT2D eigenvalue weighted by Gasteiger charge is -2.37. The van der Waals surface area contributed by atoms with E-state index in [1.807, 2.05) is 0 Å². The number of anilines is 6. The van der Waals surface area contributed by atoms with Gasteiger partial charge in [0.2, 0.25) is 0 Å². The maximum atomic E-state index is 2.59. The lowest BCUT2D eigenvalue weighted by atomic mass is 9.74. The summed E-state index contributed by atoms with van der Waals surface area (Å²) in [6, 6.07) is 60.9. The minimum absolute atomic E-state index is 0.0435. The minimum atomic E-state index is -0.119. The largest absolute Gasteiger partial charge is 0.310 e. The smallest absolute Gasteiger partial charge is 0.0505 e. The van der Waals surface area contributed by atoms with Gasteiger partial charge in [-0.3, -0.25) is 0 Å². The Balaban J connectivity index is 1.21. The summed E-state index contributed by atoms with van der Waals surface area (Å²) < 4.78 is 0. The first-order valence-corrected chi connectivity index (χ1v) is 19.2. The molecule has 2 nitrogen and oxygen atoms in total. The summed E-state index contributed by atoms with van der Waals surface area (Å²) >= 11 is 0. The third kappa shape index (κ3) is 4.71. The molecular formula is C51H44N2. The molecular weight excluding hydrogens is 641 g/mol. The van der Waals surface area contributed by atoms with E-state index < -0.39 is 0 Å². The molecule has 1 atom stereocenters. The first-order valence-electron chi connectivity index (χ1n) is 19.2. The SMILES string of the molecule is Cc1c(N(c2ccccc2)c2cccc3c2[C@]2(CCc4cccc(N(c5ccccc5)c5ccccc5)c42)CC3)ccc2c1-c1ccccc1C2(C)C. The van der Waals surface area contributed by atoms with Gasteiger partial charge in [0.05, 0.1) is 11.4 Å². The van der Waals surface area contributed by atoms with E-state index in [4.69, 9.17) is 0 Å². The molecule has 0 amide bonds. The van der Waals surface area contributed by atoms with Crippen molar-refractivity contribution in [3.8, 4) is 11.1 Å². The molecule has 7 aromatic carbocycles. The normalized spacial score (nSPS) is 17.3. The predicted octanol–water partition coefficient (Wildman–Crippen LogP) is 13.4. The van der Waals surface area contributed by atoms with Crippen molar-refractivity contribution in [1.82, 2.24) is 0 Å². The number of rotatable bonds is 6. The Morgan fingerprint density at radius 2 is 0.925 bits per heavy atom. The van der Waals surface area contributed by atoms with E-state index in [1.54, 1.807) is 0 Å². The minimum Gasteiger partial charge on any atom is -0.310 e. The van der Waals surface area contributed by atoms with Gasteiger partial charge in [0.1, 0.15) is 0 Å². The maximum absolute atomic E-state index is 2.59. The zero-order valence-corrected chi connectivity index (χ0v) is 30.8. The molecule has 2 heteroatoms. The second-order valence-corrected chi connectivity index (χ2v) is 15.7. The Morgan fingerprint density at radius 3 is 1.49 bits per heavy atom. The lowest BCUT2D eigenvalue weighted by molar-refractivity contribution is 0.508. The van der Waals surface area contributed by atoms with Crippen LogP contribution in [0.4, 0.5) is 34.1 Å². The van der Waals surface area contributed by atoms with Gasteiger partial charge in [0.15, 0.2) is 0 Å². The van der Waals surface area contributed by atoms with E-state index in [2.05, 4.69) is 194 Å². The molecule has 0 unspecified atom stereocenters. The van der Waals surface area contributed by atoms with Crippen LogP contribution in [0.5, 0.6) is 0 Å². The second-order valence-electron chi connectivity index (χ2n) is 15.7. The van der Waals surface area contributed by atoms with Crippen molar-refractivity contribution >= 4 is 34.1 Å². The number of hydrogen-bond donors (Lipinski definition) is 0. The predicted molar refractivity (Wildman–Crippen MR) is 222 cm³/mol. The summed E-state index contributed by atoms with van der Waals surface area (Å²) in [5.41, 5.74) is 20.1. The van der Waals surface area contributed by atoms with Crippen LogP contribution in [0.1, 0.15) is 65.6 Å². The van der Waals surface area contributed by atoms with Crippen molar-refractivity contribution in [3.05, 3.63) is 203 Å². The van der Waals surface area contributed by atoms with Gasteiger partial charge >= 0.3 is 0 Å². The van der Waals surface area contributed by atoms with Crippen molar-refractivity contribution in [2.75, 3.05) is 9.80 Å². The Bertz CT molecular complexity index is 2460. The van der Waals surface area contributed by atoms with Gasteiger partial charge in [0.25, 0.3) is 0 Å². The summed E-state index contributed by atoms with van der Waals surface area (Å²) in [5.74, 6) is 0. The Hall–Kier alpha value is -5.86. The van der Waals surface area contributed by atoms with Crippen LogP contribution in [0, 0.1) is 6.92 Å². The molecule has 0 bridgehead atoms. The van der Waals surface area contributed by atoms with Crippen LogP contribution < -0.4 is 9.80 Å². The highest BCUT2D eigenvalue weighted by molar-refractivity contribution is 5.92. The monoisotopic (exact) mass is 684 g/mol. The van der Waals surface area contributed by atoms with Crippen molar-refractivity contribution in [3.63, 3.8) is 0 Å². The summed E-state index contributed by atoms with van der Waals surface area (Å²) in [5, 5.41) is 0. The molecule has 258 valence electrons. The molecule has 7 aromatic rings. The van der Waals surface area contributed by atoms with Crippen molar-refractivity contribution in [1.29, 1.82) is 0 Å². The van der Waals surface area contributed by atoms with Gasteiger partial charge < -0.3 is 9.80 Å². The second kappa shape index (κ2) is 12.1. The van der Waals surface area contributed by atoms with Gasteiger partial charge in [-0.15, -0.1) is 0 Å². The first kappa shape index (κ1) is 31.8. The molecule has 0 aromatic heterocycles. The lowest BCUT2D eigenvalue weighted by Crippen LogP contribution is -2.27. The van der Waals surface area contributed by atoms with E-state index in [9.17, 15) is 0 Å². The van der Waals surface area contributed by atoms with Gasteiger partial charge in [-0.05, 0) is 137 Å². The molecule has 0 heterocycles. The molecule has 10 rings (SSSR count). The fourth-order valence-corrected chi connectivity index (χ4v) is 10.3. The van der Waals surface area contributed by atoms with Crippen LogP contribution in [0.15, 0.2) is 164 Å². The number of para-hydroxylation sites is 3. The molecule has 53 heavy (non-hydrogen) atoms. The van der Waals surface area contributed by atoms with Crippen LogP contribution >= 0.6 is 0 Å². The first-order chi connectivity index (χ1) is 26.0.